The quantitative estimate of drug-likeness (QED) is 0.840. The summed E-state index contributed by atoms with van der Waals surface area (Å²) in [7, 11) is 0. The van der Waals surface area contributed by atoms with Crippen LogP contribution in [0.3, 0.4) is 0 Å². The summed E-state index contributed by atoms with van der Waals surface area (Å²) in [6.45, 7) is 10.1. The molecule has 1 amide bonds. The van der Waals surface area contributed by atoms with E-state index in [1.165, 1.54) is 17.7 Å². The molecule has 2 fully saturated rings. The van der Waals surface area contributed by atoms with E-state index in [2.05, 4.69) is 48.5 Å². The lowest BCUT2D eigenvalue weighted by Crippen LogP contribution is -2.62. The van der Waals surface area contributed by atoms with Crippen LogP contribution in [0.2, 0.25) is 0 Å². The van der Waals surface area contributed by atoms with Gasteiger partial charge in [-0.15, -0.1) is 11.3 Å². The van der Waals surface area contributed by atoms with Crippen LogP contribution in [0.15, 0.2) is 17.5 Å². The number of carbonyl (C=O) groups is 1. The van der Waals surface area contributed by atoms with E-state index in [1.807, 2.05) is 6.92 Å². The van der Waals surface area contributed by atoms with Crippen LogP contribution in [-0.2, 0) is 4.79 Å². The minimum atomic E-state index is -0.887. The Morgan fingerprint density at radius 3 is 2.72 bits per heavy atom. The summed E-state index contributed by atoms with van der Waals surface area (Å²) in [5, 5.41) is 16.4. The lowest BCUT2D eigenvalue weighted by Gasteiger charge is -2.49. The smallest absolute Gasteiger partial charge is 0.220 e. The molecule has 1 aliphatic heterocycles. The molecule has 1 saturated carbocycles. The molecule has 1 aliphatic carbocycles. The van der Waals surface area contributed by atoms with Gasteiger partial charge in [-0.2, -0.15) is 0 Å². The van der Waals surface area contributed by atoms with Gasteiger partial charge in [0, 0.05) is 24.4 Å². The summed E-state index contributed by atoms with van der Waals surface area (Å²) >= 11 is 1.72. The van der Waals surface area contributed by atoms with E-state index in [9.17, 15) is 9.90 Å². The van der Waals surface area contributed by atoms with Crippen LogP contribution in [0, 0.1) is 11.3 Å². The second-order valence-electron chi connectivity index (χ2n) is 9.29. The molecular formula is C20H32N2O2S. The predicted octanol–water partition coefficient (Wildman–Crippen LogP) is 3.58. The first-order chi connectivity index (χ1) is 11.7. The predicted molar refractivity (Wildman–Crippen MR) is 103 cm³/mol. The van der Waals surface area contributed by atoms with E-state index < -0.39 is 5.60 Å². The SMILES string of the molecule is CC(C)(C)CC(=O)NC1C(c2cccs2)N(CC2CC2)CCC1(C)O. The lowest BCUT2D eigenvalue weighted by atomic mass is 9.81. The third-order valence-corrected chi connectivity index (χ3v) is 6.26. The zero-order valence-electron chi connectivity index (χ0n) is 15.9. The zero-order chi connectivity index (χ0) is 18.2. The van der Waals surface area contributed by atoms with Gasteiger partial charge in [0.25, 0.3) is 0 Å². The summed E-state index contributed by atoms with van der Waals surface area (Å²) in [4.78, 5) is 16.4. The molecule has 0 radical (unpaired) electrons. The first kappa shape index (κ1) is 18.9. The largest absolute Gasteiger partial charge is 0.388 e. The summed E-state index contributed by atoms with van der Waals surface area (Å²) < 4.78 is 0. The molecule has 1 aromatic heterocycles. The molecule has 1 aromatic rings. The fraction of sp³-hybridized carbons (Fsp3) is 0.750. The van der Waals surface area contributed by atoms with Gasteiger partial charge in [0.15, 0.2) is 0 Å². The van der Waals surface area contributed by atoms with Crippen LogP contribution in [0.4, 0.5) is 0 Å². The summed E-state index contributed by atoms with van der Waals surface area (Å²) in [6, 6.07) is 3.99. The number of thiophene rings is 1. The molecule has 3 atom stereocenters. The third-order valence-electron chi connectivity index (χ3n) is 5.32. The topological polar surface area (TPSA) is 52.6 Å². The van der Waals surface area contributed by atoms with E-state index in [0.717, 1.165) is 19.0 Å². The Morgan fingerprint density at radius 2 is 2.16 bits per heavy atom. The maximum atomic E-state index is 12.6. The number of piperidine rings is 1. The molecule has 140 valence electrons. The van der Waals surface area contributed by atoms with Crippen molar-refractivity contribution in [3.63, 3.8) is 0 Å². The first-order valence-corrected chi connectivity index (χ1v) is 10.3. The van der Waals surface area contributed by atoms with Gasteiger partial charge in [-0.1, -0.05) is 26.8 Å². The minimum absolute atomic E-state index is 0.0348. The van der Waals surface area contributed by atoms with Gasteiger partial charge in [0.2, 0.25) is 5.91 Å². The highest BCUT2D eigenvalue weighted by atomic mass is 32.1. The standard InChI is InChI=1S/C20H32N2O2S/c1-19(2,3)12-16(23)21-18-17(15-6-5-11-25-15)22(13-14-7-8-14)10-9-20(18,4)24/h5-6,11,14,17-18,24H,7-10,12-13H2,1-4H3,(H,21,23). The highest BCUT2D eigenvalue weighted by Gasteiger charge is 2.47. The van der Waals surface area contributed by atoms with Gasteiger partial charge in [-0.05, 0) is 49.0 Å². The van der Waals surface area contributed by atoms with Crippen LogP contribution in [0.5, 0.6) is 0 Å². The van der Waals surface area contributed by atoms with Gasteiger partial charge in [-0.25, -0.2) is 0 Å². The van der Waals surface area contributed by atoms with Gasteiger partial charge < -0.3 is 10.4 Å². The Morgan fingerprint density at radius 1 is 1.44 bits per heavy atom. The average Bonchev–Trinajstić information content (AvgIpc) is 3.12. The summed E-state index contributed by atoms with van der Waals surface area (Å²) in [6.07, 6.45) is 3.79. The van der Waals surface area contributed by atoms with Crippen LogP contribution in [-0.4, -0.2) is 40.6 Å². The van der Waals surface area contributed by atoms with Crippen molar-refractivity contribution in [2.75, 3.05) is 13.1 Å². The maximum Gasteiger partial charge on any atom is 0.220 e. The highest BCUT2D eigenvalue weighted by Crippen LogP contribution is 2.41. The monoisotopic (exact) mass is 364 g/mol. The van der Waals surface area contributed by atoms with E-state index >= 15 is 0 Å². The molecule has 0 bridgehead atoms. The second kappa shape index (κ2) is 7.01. The normalized spacial score (nSPS) is 31.1. The molecular weight excluding hydrogens is 332 g/mol. The molecule has 5 heteroatoms. The fourth-order valence-corrected chi connectivity index (χ4v) is 4.69. The number of aliphatic hydroxyl groups is 1. The molecule has 3 unspecified atom stereocenters. The van der Waals surface area contributed by atoms with Crippen molar-refractivity contribution in [2.45, 2.75) is 71.1 Å². The van der Waals surface area contributed by atoms with Gasteiger partial charge in [0.1, 0.15) is 0 Å². The van der Waals surface area contributed by atoms with Crippen LogP contribution >= 0.6 is 11.3 Å². The molecule has 0 spiro atoms. The van der Waals surface area contributed by atoms with E-state index in [4.69, 9.17) is 0 Å². The molecule has 3 rings (SSSR count). The molecule has 2 heterocycles. The van der Waals surface area contributed by atoms with Gasteiger partial charge >= 0.3 is 0 Å². The molecule has 2 aliphatic rings. The number of hydrogen-bond acceptors (Lipinski definition) is 4. The Bertz CT molecular complexity index is 587. The van der Waals surface area contributed by atoms with Crippen molar-refractivity contribution in [1.82, 2.24) is 10.2 Å². The second-order valence-corrected chi connectivity index (χ2v) is 10.3. The Labute approximate surface area is 155 Å². The van der Waals surface area contributed by atoms with Crippen molar-refractivity contribution in [2.24, 2.45) is 11.3 Å². The van der Waals surface area contributed by atoms with E-state index in [0.29, 0.717) is 12.8 Å². The number of amides is 1. The number of carbonyl (C=O) groups excluding carboxylic acids is 1. The first-order valence-electron chi connectivity index (χ1n) is 9.45. The van der Waals surface area contributed by atoms with Crippen molar-refractivity contribution in [3.8, 4) is 0 Å². The summed E-state index contributed by atoms with van der Waals surface area (Å²) in [5.74, 6) is 0.823. The van der Waals surface area contributed by atoms with Crippen molar-refractivity contribution < 1.29 is 9.90 Å². The van der Waals surface area contributed by atoms with Crippen molar-refractivity contribution in [3.05, 3.63) is 22.4 Å². The molecule has 25 heavy (non-hydrogen) atoms. The molecule has 2 N–H and O–H groups in total. The van der Waals surface area contributed by atoms with E-state index in [-0.39, 0.29) is 23.4 Å². The molecule has 4 nitrogen and oxygen atoms in total. The van der Waals surface area contributed by atoms with Crippen molar-refractivity contribution in [1.29, 1.82) is 0 Å². The third kappa shape index (κ3) is 4.83. The van der Waals surface area contributed by atoms with Crippen LogP contribution in [0.25, 0.3) is 0 Å². The van der Waals surface area contributed by atoms with Crippen molar-refractivity contribution >= 4 is 17.2 Å². The fourth-order valence-electron chi connectivity index (χ4n) is 3.80. The maximum absolute atomic E-state index is 12.6. The number of nitrogens with one attached hydrogen (secondary N) is 1. The van der Waals surface area contributed by atoms with Gasteiger partial charge in [-0.3, -0.25) is 9.69 Å². The number of hydrogen-bond donors (Lipinski definition) is 2. The van der Waals surface area contributed by atoms with Crippen LogP contribution in [0.1, 0.15) is 64.3 Å². The Kier molecular flexibility index (Phi) is 5.29. The average molecular weight is 365 g/mol. The Balaban J connectivity index is 1.84. The minimum Gasteiger partial charge on any atom is -0.388 e. The summed E-state index contributed by atoms with van der Waals surface area (Å²) in [5.41, 5.74) is -0.945. The van der Waals surface area contributed by atoms with Crippen LogP contribution < -0.4 is 5.32 Å². The number of likely N-dealkylation sites (tertiary alicyclic amines) is 1. The Hall–Kier alpha value is -0.910. The highest BCUT2D eigenvalue weighted by molar-refractivity contribution is 7.10. The lowest BCUT2D eigenvalue weighted by molar-refractivity contribution is -0.130. The molecule has 1 saturated heterocycles. The number of nitrogens with zero attached hydrogens (tertiary/aromatic N) is 1. The van der Waals surface area contributed by atoms with E-state index in [1.54, 1.807) is 11.3 Å². The zero-order valence-corrected chi connectivity index (χ0v) is 16.7. The number of rotatable bonds is 5. The van der Waals surface area contributed by atoms with Gasteiger partial charge in [0.05, 0.1) is 17.7 Å². The molecule has 0 aromatic carbocycles.